The molecule has 1 fully saturated rings. The van der Waals surface area contributed by atoms with Gasteiger partial charge in [0.25, 0.3) is 5.91 Å². The number of ether oxygens (including phenoxy) is 2. The summed E-state index contributed by atoms with van der Waals surface area (Å²) in [6, 6.07) is 11.2. The monoisotopic (exact) mass is 402 g/mol. The molecule has 4 rings (SSSR count). The molecule has 1 N–H and O–H groups in total. The van der Waals surface area contributed by atoms with Crippen LogP contribution in [-0.2, 0) is 10.0 Å². The fourth-order valence-corrected chi connectivity index (χ4v) is 5.06. The van der Waals surface area contributed by atoms with E-state index in [1.807, 2.05) is 0 Å². The molecule has 1 atom stereocenters. The molecule has 8 heteroatoms. The lowest BCUT2D eigenvalue weighted by Gasteiger charge is -2.30. The van der Waals surface area contributed by atoms with E-state index in [4.69, 9.17) is 9.47 Å². The van der Waals surface area contributed by atoms with Crippen molar-refractivity contribution < 1.29 is 22.7 Å². The number of nitrogens with zero attached hydrogens (tertiary/aromatic N) is 1. The lowest BCUT2D eigenvalue weighted by Crippen LogP contribution is -2.39. The van der Waals surface area contributed by atoms with Gasteiger partial charge in [-0.25, -0.2) is 8.42 Å². The first-order valence-electron chi connectivity index (χ1n) is 9.25. The molecule has 0 unspecified atom stereocenters. The highest BCUT2D eigenvalue weighted by atomic mass is 32.2. The number of amides is 1. The molecule has 148 valence electrons. The van der Waals surface area contributed by atoms with Crippen LogP contribution in [0.2, 0.25) is 0 Å². The summed E-state index contributed by atoms with van der Waals surface area (Å²) in [7, 11) is -3.51. The number of anilines is 1. The van der Waals surface area contributed by atoms with Crippen LogP contribution in [0.1, 0.15) is 30.1 Å². The minimum absolute atomic E-state index is 0.145. The molecule has 1 saturated heterocycles. The standard InChI is InChI=1S/C20H22N2O5S/c1-14-3-2-10-22(12-14)28(24,25)17-7-5-16(6-8-17)21-20(23)15-4-9-18-19(11-15)27-13-26-18/h4-9,11,14H,2-3,10,12-13H2,1H3,(H,21,23)/t14-/m1/s1. The Labute approximate surface area is 164 Å². The van der Waals surface area contributed by atoms with Gasteiger partial charge in [0.1, 0.15) is 0 Å². The third-order valence-corrected chi connectivity index (χ3v) is 6.88. The number of rotatable bonds is 4. The largest absolute Gasteiger partial charge is 0.454 e. The Balaban J connectivity index is 1.46. The predicted molar refractivity (Wildman–Crippen MR) is 104 cm³/mol. The Bertz CT molecular complexity index is 988. The van der Waals surface area contributed by atoms with Gasteiger partial charge in [0.05, 0.1) is 4.90 Å². The van der Waals surface area contributed by atoms with Crippen LogP contribution in [0.15, 0.2) is 47.4 Å². The van der Waals surface area contributed by atoms with Gasteiger partial charge >= 0.3 is 0 Å². The molecular formula is C20H22N2O5S. The molecule has 0 saturated carbocycles. The van der Waals surface area contributed by atoms with Gasteiger partial charge in [-0.2, -0.15) is 4.31 Å². The Kier molecular flexibility index (Phi) is 4.99. The van der Waals surface area contributed by atoms with Crippen molar-refractivity contribution in [3.05, 3.63) is 48.0 Å². The summed E-state index contributed by atoms with van der Waals surface area (Å²) < 4.78 is 37.7. The van der Waals surface area contributed by atoms with Gasteiger partial charge in [-0.3, -0.25) is 4.79 Å². The number of sulfonamides is 1. The molecule has 7 nitrogen and oxygen atoms in total. The second-order valence-corrected chi connectivity index (χ2v) is 9.09. The smallest absolute Gasteiger partial charge is 0.255 e. The first kappa shape index (κ1) is 18.8. The highest BCUT2D eigenvalue weighted by molar-refractivity contribution is 7.89. The van der Waals surface area contributed by atoms with Crippen molar-refractivity contribution in [2.24, 2.45) is 5.92 Å². The number of piperidine rings is 1. The van der Waals surface area contributed by atoms with Crippen molar-refractivity contribution in [3.63, 3.8) is 0 Å². The molecule has 2 aliphatic rings. The zero-order valence-electron chi connectivity index (χ0n) is 15.6. The van der Waals surface area contributed by atoms with Gasteiger partial charge in [-0.15, -0.1) is 0 Å². The molecule has 2 aromatic rings. The normalized spacial score (nSPS) is 19.4. The quantitative estimate of drug-likeness (QED) is 0.850. The number of nitrogens with one attached hydrogen (secondary N) is 1. The van der Waals surface area contributed by atoms with Crippen LogP contribution < -0.4 is 14.8 Å². The van der Waals surface area contributed by atoms with Crippen LogP contribution in [0.4, 0.5) is 5.69 Å². The molecule has 28 heavy (non-hydrogen) atoms. The SMILES string of the molecule is C[C@@H]1CCCN(S(=O)(=O)c2ccc(NC(=O)c3ccc4c(c3)OCO4)cc2)C1. The minimum atomic E-state index is -3.51. The molecule has 2 aliphatic heterocycles. The lowest BCUT2D eigenvalue weighted by molar-refractivity contribution is 0.102. The van der Waals surface area contributed by atoms with E-state index in [2.05, 4.69) is 12.2 Å². The Hall–Kier alpha value is -2.58. The predicted octanol–water partition coefficient (Wildman–Crippen LogP) is 3.09. The van der Waals surface area contributed by atoms with Crippen LogP contribution in [0.3, 0.4) is 0 Å². The van der Waals surface area contributed by atoms with E-state index in [1.54, 1.807) is 34.6 Å². The van der Waals surface area contributed by atoms with E-state index >= 15 is 0 Å². The molecule has 2 aromatic carbocycles. The summed E-state index contributed by atoms with van der Waals surface area (Å²) in [5.74, 6) is 1.20. The number of hydrogen-bond donors (Lipinski definition) is 1. The lowest BCUT2D eigenvalue weighted by atomic mass is 10.0. The summed E-state index contributed by atoms with van der Waals surface area (Å²) in [5.41, 5.74) is 0.955. The second-order valence-electron chi connectivity index (χ2n) is 7.16. The highest BCUT2D eigenvalue weighted by Crippen LogP contribution is 2.32. The number of carbonyl (C=O) groups is 1. The topological polar surface area (TPSA) is 84.9 Å². The molecule has 0 bridgehead atoms. The summed E-state index contributed by atoms with van der Waals surface area (Å²) >= 11 is 0. The zero-order chi connectivity index (χ0) is 19.7. The zero-order valence-corrected chi connectivity index (χ0v) is 16.4. The van der Waals surface area contributed by atoms with Crippen LogP contribution in [0.5, 0.6) is 11.5 Å². The van der Waals surface area contributed by atoms with E-state index in [9.17, 15) is 13.2 Å². The average Bonchev–Trinajstić information content (AvgIpc) is 3.16. The summed E-state index contributed by atoms with van der Waals surface area (Å²) in [6.07, 6.45) is 1.93. The third kappa shape index (κ3) is 3.70. The molecule has 0 spiro atoms. The van der Waals surface area contributed by atoms with Crippen LogP contribution in [0.25, 0.3) is 0 Å². The number of hydrogen-bond acceptors (Lipinski definition) is 5. The van der Waals surface area contributed by atoms with E-state index in [1.165, 1.54) is 12.1 Å². The van der Waals surface area contributed by atoms with Crippen molar-refractivity contribution in [3.8, 4) is 11.5 Å². The van der Waals surface area contributed by atoms with E-state index in [0.717, 1.165) is 12.8 Å². The van der Waals surface area contributed by atoms with Crippen LogP contribution in [0, 0.1) is 5.92 Å². The van der Waals surface area contributed by atoms with Crippen molar-refractivity contribution in [1.29, 1.82) is 0 Å². The minimum Gasteiger partial charge on any atom is -0.454 e. The van der Waals surface area contributed by atoms with Gasteiger partial charge in [0, 0.05) is 24.3 Å². The molecule has 0 aromatic heterocycles. The van der Waals surface area contributed by atoms with Crippen LogP contribution in [-0.4, -0.2) is 38.5 Å². The van der Waals surface area contributed by atoms with Gasteiger partial charge in [-0.1, -0.05) is 6.92 Å². The van der Waals surface area contributed by atoms with Crippen molar-refractivity contribution in [1.82, 2.24) is 4.31 Å². The molecule has 2 heterocycles. The molecular weight excluding hydrogens is 380 g/mol. The Morgan fingerprint density at radius 3 is 2.61 bits per heavy atom. The maximum atomic E-state index is 12.8. The first-order valence-corrected chi connectivity index (χ1v) is 10.7. The van der Waals surface area contributed by atoms with Gasteiger partial charge < -0.3 is 14.8 Å². The summed E-state index contributed by atoms with van der Waals surface area (Å²) in [4.78, 5) is 12.7. The summed E-state index contributed by atoms with van der Waals surface area (Å²) in [5, 5.41) is 2.77. The maximum Gasteiger partial charge on any atom is 0.255 e. The van der Waals surface area contributed by atoms with E-state index in [-0.39, 0.29) is 17.6 Å². The van der Waals surface area contributed by atoms with Gasteiger partial charge in [0.15, 0.2) is 11.5 Å². The van der Waals surface area contributed by atoms with E-state index < -0.39 is 10.0 Å². The Morgan fingerprint density at radius 2 is 1.86 bits per heavy atom. The highest BCUT2D eigenvalue weighted by Gasteiger charge is 2.28. The van der Waals surface area contributed by atoms with Crippen molar-refractivity contribution >= 4 is 21.6 Å². The molecule has 0 radical (unpaired) electrons. The molecule has 0 aliphatic carbocycles. The van der Waals surface area contributed by atoms with Gasteiger partial charge in [0.2, 0.25) is 16.8 Å². The van der Waals surface area contributed by atoms with E-state index in [0.29, 0.717) is 41.8 Å². The number of benzene rings is 2. The summed E-state index contributed by atoms with van der Waals surface area (Å²) in [6.45, 7) is 3.31. The second kappa shape index (κ2) is 7.44. The number of fused-ring (bicyclic) bond motifs is 1. The first-order chi connectivity index (χ1) is 13.4. The number of carbonyl (C=O) groups excluding carboxylic acids is 1. The fourth-order valence-electron chi connectivity index (χ4n) is 3.46. The average molecular weight is 402 g/mol. The van der Waals surface area contributed by atoms with Crippen molar-refractivity contribution in [2.75, 3.05) is 25.2 Å². The Morgan fingerprint density at radius 1 is 1.11 bits per heavy atom. The van der Waals surface area contributed by atoms with Crippen molar-refractivity contribution in [2.45, 2.75) is 24.7 Å². The molecule has 1 amide bonds. The third-order valence-electron chi connectivity index (χ3n) is 5.00. The maximum absolute atomic E-state index is 12.8. The fraction of sp³-hybridized carbons (Fsp3) is 0.350. The van der Waals surface area contributed by atoms with Gasteiger partial charge in [-0.05, 0) is 61.2 Å². The van der Waals surface area contributed by atoms with Crippen LogP contribution >= 0.6 is 0 Å².